The first-order valence-corrected chi connectivity index (χ1v) is 12.0. The molecule has 1 aliphatic heterocycles. The maximum atomic E-state index is 12.3. The van der Waals surface area contributed by atoms with Crippen LogP contribution < -0.4 is 10.4 Å². The number of aliphatic hydroxyl groups excluding tert-OH is 2. The van der Waals surface area contributed by atoms with Crippen molar-refractivity contribution in [3.8, 4) is 0 Å². The fourth-order valence-electron chi connectivity index (χ4n) is 4.10. The Labute approximate surface area is 178 Å². The van der Waals surface area contributed by atoms with E-state index in [0.717, 1.165) is 10.4 Å². The number of ketones is 1. The second-order valence-electron chi connectivity index (χ2n) is 8.54. The standard InChI is InChI=1S/C23H30O6Si/c1-23(2,3)30(16-11-7-5-8-12-16,17-13-9-6-10-14-17)28-15-18-19(24)20(25)21(26)22(27-4)29-18/h5-14,18-19,21-22,24,26H,15H2,1-4H3/t18-,19-,21+,22+/m1/s1. The minimum Gasteiger partial charge on any atom is -0.405 e. The highest BCUT2D eigenvalue weighted by Crippen LogP contribution is 2.37. The number of hydrogen-bond acceptors (Lipinski definition) is 6. The Balaban J connectivity index is 2.01. The van der Waals surface area contributed by atoms with Gasteiger partial charge in [-0.2, -0.15) is 0 Å². The van der Waals surface area contributed by atoms with Crippen molar-refractivity contribution < 1.29 is 28.9 Å². The van der Waals surface area contributed by atoms with Crippen molar-refractivity contribution in [2.75, 3.05) is 13.7 Å². The molecule has 0 bridgehead atoms. The summed E-state index contributed by atoms with van der Waals surface area (Å²) in [5.74, 6) is -0.718. The third kappa shape index (κ3) is 4.14. The van der Waals surface area contributed by atoms with E-state index in [1.54, 1.807) is 0 Å². The van der Waals surface area contributed by atoms with Crippen molar-refractivity contribution >= 4 is 24.5 Å². The lowest BCUT2D eigenvalue weighted by Crippen LogP contribution is -2.68. The first-order chi connectivity index (χ1) is 14.2. The zero-order valence-electron chi connectivity index (χ0n) is 17.8. The first-order valence-electron chi connectivity index (χ1n) is 10.1. The lowest BCUT2D eigenvalue weighted by Gasteiger charge is -2.44. The summed E-state index contributed by atoms with van der Waals surface area (Å²) in [5, 5.41) is 22.3. The minimum absolute atomic E-state index is 0.00718. The molecule has 1 heterocycles. The van der Waals surface area contributed by atoms with Crippen LogP contribution in [0.25, 0.3) is 0 Å². The summed E-state index contributed by atoms with van der Waals surface area (Å²) in [6.45, 7) is 6.42. The van der Waals surface area contributed by atoms with Gasteiger partial charge in [-0.25, -0.2) is 0 Å². The highest BCUT2D eigenvalue weighted by Gasteiger charge is 2.52. The quantitative estimate of drug-likeness (QED) is 0.671. The van der Waals surface area contributed by atoms with Crippen molar-refractivity contribution in [3.05, 3.63) is 60.7 Å². The van der Waals surface area contributed by atoms with E-state index >= 15 is 0 Å². The molecule has 30 heavy (non-hydrogen) atoms. The van der Waals surface area contributed by atoms with E-state index in [9.17, 15) is 15.0 Å². The molecule has 0 aromatic heterocycles. The van der Waals surface area contributed by atoms with Gasteiger partial charge in [0.05, 0.1) is 6.61 Å². The number of Topliss-reactive ketones (excluding diaryl/α,β-unsaturated/α-hetero) is 1. The smallest absolute Gasteiger partial charge is 0.261 e. The summed E-state index contributed by atoms with van der Waals surface area (Å²) in [5.41, 5.74) is 0. The molecule has 1 aliphatic rings. The van der Waals surface area contributed by atoms with E-state index in [2.05, 4.69) is 45.0 Å². The molecule has 3 rings (SSSR count). The molecular formula is C23H30O6Si. The van der Waals surface area contributed by atoms with Gasteiger partial charge < -0.3 is 24.1 Å². The van der Waals surface area contributed by atoms with Gasteiger partial charge in [0, 0.05) is 7.11 Å². The number of carbonyl (C=O) groups is 1. The molecule has 1 saturated heterocycles. The molecule has 4 atom stereocenters. The Morgan fingerprint density at radius 2 is 1.43 bits per heavy atom. The fourth-order valence-corrected chi connectivity index (χ4v) is 8.67. The maximum Gasteiger partial charge on any atom is 0.261 e. The van der Waals surface area contributed by atoms with Crippen molar-refractivity contribution in [2.45, 2.75) is 50.4 Å². The zero-order chi connectivity index (χ0) is 21.9. The molecule has 0 spiro atoms. The molecule has 162 valence electrons. The maximum absolute atomic E-state index is 12.3. The Bertz CT molecular complexity index is 796. The number of benzene rings is 2. The van der Waals surface area contributed by atoms with Gasteiger partial charge in [-0.3, -0.25) is 4.79 Å². The SMILES string of the molecule is CO[C@H]1O[C@H](CO[Si](c2ccccc2)(c2ccccc2)C(C)(C)C)[C@@H](O)C(=O)[C@@H]1O. The predicted molar refractivity (Wildman–Crippen MR) is 116 cm³/mol. The Hall–Kier alpha value is -1.87. The predicted octanol–water partition coefficient (Wildman–Crippen LogP) is 1.23. The number of aliphatic hydroxyl groups is 2. The van der Waals surface area contributed by atoms with E-state index in [4.69, 9.17) is 13.9 Å². The number of hydrogen-bond donors (Lipinski definition) is 2. The molecule has 6 nitrogen and oxygen atoms in total. The zero-order valence-corrected chi connectivity index (χ0v) is 18.8. The van der Waals surface area contributed by atoms with Crippen molar-refractivity contribution in [1.82, 2.24) is 0 Å². The van der Waals surface area contributed by atoms with E-state index in [1.807, 2.05) is 36.4 Å². The third-order valence-electron chi connectivity index (χ3n) is 5.62. The Kier molecular flexibility index (Phi) is 6.91. The van der Waals surface area contributed by atoms with E-state index < -0.39 is 38.7 Å². The van der Waals surface area contributed by atoms with Gasteiger partial charge in [-0.05, 0) is 15.4 Å². The van der Waals surface area contributed by atoms with Crippen LogP contribution in [-0.4, -0.2) is 62.6 Å². The monoisotopic (exact) mass is 430 g/mol. The fraction of sp³-hybridized carbons (Fsp3) is 0.435. The van der Waals surface area contributed by atoms with Gasteiger partial charge in [-0.15, -0.1) is 0 Å². The topological polar surface area (TPSA) is 85.2 Å². The summed E-state index contributed by atoms with van der Waals surface area (Å²) in [6.07, 6.45) is -5.07. The van der Waals surface area contributed by atoms with Gasteiger partial charge in [-0.1, -0.05) is 81.4 Å². The molecule has 7 heteroatoms. The van der Waals surface area contributed by atoms with E-state index in [-0.39, 0.29) is 11.6 Å². The Morgan fingerprint density at radius 1 is 0.933 bits per heavy atom. The number of rotatable bonds is 6. The van der Waals surface area contributed by atoms with Crippen LogP contribution in [0.1, 0.15) is 20.8 Å². The van der Waals surface area contributed by atoms with Crippen LogP contribution >= 0.6 is 0 Å². The van der Waals surface area contributed by atoms with Crippen LogP contribution in [0.4, 0.5) is 0 Å². The second-order valence-corrected chi connectivity index (χ2v) is 12.9. The average molecular weight is 431 g/mol. The van der Waals surface area contributed by atoms with Crippen LogP contribution in [0.15, 0.2) is 60.7 Å². The number of methoxy groups -OCH3 is 1. The van der Waals surface area contributed by atoms with Crippen molar-refractivity contribution in [2.24, 2.45) is 0 Å². The summed E-state index contributed by atoms with van der Waals surface area (Å²) in [7, 11) is -1.49. The van der Waals surface area contributed by atoms with Crippen LogP contribution in [0.5, 0.6) is 0 Å². The van der Waals surface area contributed by atoms with Crippen LogP contribution in [0.2, 0.25) is 5.04 Å². The van der Waals surface area contributed by atoms with Gasteiger partial charge in [0.1, 0.15) is 12.2 Å². The van der Waals surface area contributed by atoms with Gasteiger partial charge in [0.15, 0.2) is 18.2 Å². The molecule has 0 saturated carbocycles. The molecule has 1 fully saturated rings. The largest absolute Gasteiger partial charge is 0.405 e. The van der Waals surface area contributed by atoms with Crippen molar-refractivity contribution in [3.63, 3.8) is 0 Å². The molecule has 0 radical (unpaired) electrons. The third-order valence-corrected chi connectivity index (χ3v) is 10.6. The van der Waals surface area contributed by atoms with Crippen LogP contribution in [0.3, 0.4) is 0 Å². The van der Waals surface area contributed by atoms with E-state index in [0.29, 0.717) is 0 Å². The molecule has 0 amide bonds. The summed E-state index contributed by atoms with van der Waals surface area (Å²) in [6, 6.07) is 20.1. The summed E-state index contributed by atoms with van der Waals surface area (Å²) in [4.78, 5) is 12.3. The highest BCUT2D eigenvalue weighted by atomic mass is 28.4. The lowest BCUT2D eigenvalue weighted by atomic mass is 10.0. The highest BCUT2D eigenvalue weighted by molar-refractivity contribution is 6.99. The second kappa shape index (κ2) is 9.09. The average Bonchev–Trinajstić information content (AvgIpc) is 2.74. The van der Waals surface area contributed by atoms with Gasteiger partial charge >= 0.3 is 0 Å². The molecule has 2 N–H and O–H groups in total. The van der Waals surface area contributed by atoms with Gasteiger partial charge in [0.2, 0.25) is 0 Å². The van der Waals surface area contributed by atoms with Crippen LogP contribution in [0, 0.1) is 0 Å². The normalized spacial score (nSPS) is 25.3. The molecule has 0 unspecified atom stereocenters. The molecule has 2 aromatic rings. The lowest BCUT2D eigenvalue weighted by molar-refractivity contribution is -0.246. The summed E-state index contributed by atoms with van der Waals surface area (Å²) >= 11 is 0. The van der Waals surface area contributed by atoms with Crippen molar-refractivity contribution in [1.29, 1.82) is 0 Å². The molecule has 2 aromatic carbocycles. The Morgan fingerprint density at radius 3 is 1.87 bits per heavy atom. The van der Waals surface area contributed by atoms with Gasteiger partial charge in [0.25, 0.3) is 8.32 Å². The minimum atomic E-state index is -2.84. The van der Waals surface area contributed by atoms with Crippen LogP contribution in [-0.2, 0) is 18.7 Å². The molecule has 0 aliphatic carbocycles. The first kappa shape index (κ1) is 22.8. The summed E-state index contributed by atoms with van der Waals surface area (Å²) < 4.78 is 17.5. The molecular weight excluding hydrogens is 400 g/mol. The number of ether oxygens (including phenoxy) is 2. The van der Waals surface area contributed by atoms with E-state index in [1.165, 1.54) is 7.11 Å². The number of carbonyl (C=O) groups excluding carboxylic acids is 1.